The van der Waals surface area contributed by atoms with E-state index in [1.165, 1.54) is 12.0 Å². The lowest BCUT2D eigenvalue weighted by Gasteiger charge is -2.33. The van der Waals surface area contributed by atoms with Crippen LogP contribution in [0.1, 0.15) is 85.1 Å². The van der Waals surface area contributed by atoms with Crippen LogP contribution in [0.5, 0.6) is 5.88 Å². The number of nitrogens with zero attached hydrogens (tertiary/aromatic N) is 6. The topological polar surface area (TPSA) is 117 Å². The largest absolute Gasteiger partial charge is 0.473 e. The number of aryl methyl sites for hydroxylation is 1. The Hall–Kier alpha value is -3.48. The van der Waals surface area contributed by atoms with Gasteiger partial charge in [-0.25, -0.2) is 4.98 Å². The molecule has 2 aliphatic heterocycles. The summed E-state index contributed by atoms with van der Waals surface area (Å²) in [5.41, 5.74) is 12.0. The lowest BCUT2D eigenvalue weighted by Crippen LogP contribution is -2.38. The van der Waals surface area contributed by atoms with E-state index in [4.69, 9.17) is 25.0 Å². The van der Waals surface area contributed by atoms with Crippen LogP contribution in [0.15, 0.2) is 22.7 Å². The van der Waals surface area contributed by atoms with Crippen LogP contribution in [0.3, 0.4) is 0 Å². The average molecular weight is 554 g/mol. The van der Waals surface area contributed by atoms with Crippen LogP contribution in [0.4, 0.5) is 5.69 Å². The molecular formula is C32H39N7O2. The van der Waals surface area contributed by atoms with Crippen molar-refractivity contribution in [3.63, 3.8) is 0 Å². The number of likely N-dealkylation sites (tertiary alicyclic amines) is 2. The number of nitriles is 1. The van der Waals surface area contributed by atoms with Crippen LogP contribution < -0.4 is 10.5 Å². The normalized spacial score (nSPS) is 26.7. The predicted molar refractivity (Wildman–Crippen MR) is 156 cm³/mol. The molecule has 4 heterocycles. The van der Waals surface area contributed by atoms with Crippen molar-refractivity contribution in [3.05, 3.63) is 51.9 Å². The van der Waals surface area contributed by atoms with Gasteiger partial charge in [0.15, 0.2) is 17.3 Å². The molecule has 41 heavy (non-hydrogen) atoms. The summed E-state index contributed by atoms with van der Waals surface area (Å²) in [5.74, 6) is 2.37. The molecule has 214 valence electrons. The lowest BCUT2D eigenvalue weighted by atomic mass is 9.68. The monoisotopic (exact) mass is 553 g/mol. The average Bonchev–Trinajstić information content (AvgIpc) is 3.76. The van der Waals surface area contributed by atoms with Crippen molar-refractivity contribution in [3.8, 4) is 23.5 Å². The Morgan fingerprint density at radius 1 is 1.15 bits per heavy atom. The highest BCUT2D eigenvalue weighted by Gasteiger charge is 2.49. The standard InChI is InChI=1S/C32H39N7O2/c1-19(26-7-5-14-39(26)3)40-27-16-25(21-11-15-38(2)18-21)35-31(36-27)29-22-6-4-12-32(30(22)41-37-29)13-10-20-8-9-24(34)23(17-33)28(20)32/h8-9,16,19,21,26H,4-7,10-15,18,34H2,1-3H3/t19-,21-,26-,32-/m0/s1. The fraction of sp³-hybridized carbons (Fsp3) is 0.562. The maximum atomic E-state index is 10.1. The van der Waals surface area contributed by atoms with E-state index in [0.29, 0.717) is 40.6 Å². The molecule has 0 amide bonds. The summed E-state index contributed by atoms with van der Waals surface area (Å²) >= 11 is 0. The van der Waals surface area contributed by atoms with Gasteiger partial charge in [0.2, 0.25) is 5.88 Å². The van der Waals surface area contributed by atoms with Gasteiger partial charge in [-0.15, -0.1) is 0 Å². The molecule has 4 atom stereocenters. The molecule has 4 aliphatic rings. The summed E-state index contributed by atoms with van der Waals surface area (Å²) in [6, 6.07) is 8.74. The number of hydrogen-bond acceptors (Lipinski definition) is 9. The third-order valence-electron chi connectivity index (χ3n) is 10.2. The second kappa shape index (κ2) is 10.1. The Morgan fingerprint density at radius 3 is 2.78 bits per heavy atom. The van der Waals surface area contributed by atoms with Crippen LogP contribution in [0, 0.1) is 11.3 Å². The summed E-state index contributed by atoms with van der Waals surface area (Å²) in [7, 11) is 4.33. The van der Waals surface area contributed by atoms with Crippen molar-refractivity contribution in [2.45, 2.75) is 81.8 Å². The molecule has 9 heteroatoms. The Kier molecular flexibility index (Phi) is 6.51. The minimum atomic E-state index is -0.388. The smallest absolute Gasteiger partial charge is 0.217 e. The second-order valence-electron chi connectivity index (χ2n) is 12.7. The molecule has 0 radical (unpaired) electrons. The molecule has 0 bridgehead atoms. The van der Waals surface area contributed by atoms with Gasteiger partial charge in [0.1, 0.15) is 12.2 Å². The quantitative estimate of drug-likeness (QED) is 0.458. The molecule has 1 aromatic carbocycles. The second-order valence-corrected chi connectivity index (χ2v) is 12.7. The molecule has 2 aliphatic carbocycles. The van der Waals surface area contributed by atoms with Crippen molar-refractivity contribution >= 4 is 5.69 Å². The number of aromatic nitrogens is 3. The zero-order chi connectivity index (χ0) is 28.3. The minimum absolute atomic E-state index is 0.0173. The first-order chi connectivity index (χ1) is 19.9. The summed E-state index contributed by atoms with van der Waals surface area (Å²) in [4.78, 5) is 14.8. The van der Waals surface area contributed by atoms with Gasteiger partial charge in [-0.1, -0.05) is 11.2 Å². The third-order valence-corrected chi connectivity index (χ3v) is 10.2. The number of hydrogen-bond donors (Lipinski definition) is 1. The van der Waals surface area contributed by atoms with Crippen LogP contribution in [-0.2, 0) is 18.3 Å². The summed E-state index contributed by atoms with van der Waals surface area (Å²) < 4.78 is 12.8. The van der Waals surface area contributed by atoms with Gasteiger partial charge in [-0.2, -0.15) is 10.2 Å². The third kappa shape index (κ3) is 4.31. The molecule has 2 N–H and O–H groups in total. The predicted octanol–water partition coefficient (Wildman–Crippen LogP) is 4.43. The van der Waals surface area contributed by atoms with E-state index >= 15 is 0 Å². The van der Waals surface area contributed by atoms with Gasteiger partial charge >= 0.3 is 0 Å². The number of rotatable bonds is 5. The van der Waals surface area contributed by atoms with Gasteiger partial charge in [0.05, 0.1) is 16.7 Å². The number of benzene rings is 1. The molecule has 1 spiro atoms. The number of likely N-dealkylation sites (N-methyl/N-ethyl adjacent to an activating group) is 2. The maximum absolute atomic E-state index is 10.1. The lowest BCUT2D eigenvalue weighted by molar-refractivity contribution is 0.117. The van der Waals surface area contributed by atoms with E-state index in [-0.39, 0.29) is 11.5 Å². The van der Waals surface area contributed by atoms with Crippen molar-refractivity contribution < 1.29 is 9.26 Å². The number of ether oxygens (including phenoxy) is 1. The summed E-state index contributed by atoms with van der Waals surface area (Å²) in [6.07, 6.45) is 7.91. The van der Waals surface area contributed by atoms with E-state index in [0.717, 1.165) is 87.2 Å². The van der Waals surface area contributed by atoms with Gasteiger partial charge in [-0.05, 0) is 103 Å². The molecule has 7 rings (SSSR count). The van der Waals surface area contributed by atoms with Gasteiger partial charge in [0, 0.05) is 35.8 Å². The van der Waals surface area contributed by atoms with E-state index < -0.39 is 0 Å². The van der Waals surface area contributed by atoms with Crippen LogP contribution in [0.25, 0.3) is 11.5 Å². The fourth-order valence-corrected chi connectivity index (χ4v) is 8.05. The Bertz CT molecular complexity index is 1530. The van der Waals surface area contributed by atoms with Crippen LogP contribution >= 0.6 is 0 Å². The molecule has 0 unspecified atom stereocenters. The molecule has 9 nitrogen and oxygen atoms in total. The van der Waals surface area contributed by atoms with Gasteiger partial charge in [0.25, 0.3) is 0 Å². The van der Waals surface area contributed by atoms with Crippen molar-refractivity contribution in [2.24, 2.45) is 0 Å². The van der Waals surface area contributed by atoms with E-state index in [1.54, 1.807) is 0 Å². The number of anilines is 1. The number of nitrogens with two attached hydrogens (primary N) is 1. The highest BCUT2D eigenvalue weighted by molar-refractivity contribution is 5.68. The zero-order valence-electron chi connectivity index (χ0n) is 24.3. The van der Waals surface area contributed by atoms with Crippen LogP contribution in [-0.4, -0.2) is 70.8 Å². The van der Waals surface area contributed by atoms with E-state index in [1.807, 2.05) is 12.1 Å². The Morgan fingerprint density at radius 2 is 2.02 bits per heavy atom. The van der Waals surface area contributed by atoms with E-state index in [2.05, 4.69) is 48.1 Å². The van der Waals surface area contributed by atoms with Crippen LogP contribution in [0.2, 0.25) is 0 Å². The van der Waals surface area contributed by atoms with Gasteiger partial charge in [-0.3, -0.25) is 4.90 Å². The minimum Gasteiger partial charge on any atom is -0.473 e. The van der Waals surface area contributed by atoms with Crippen molar-refractivity contribution in [2.75, 3.05) is 39.5 Å². The number of fused-ring (bicyclic) bond motifs is 4. The Balaban J connectivity index is 1.31. The SMILES string of the molecule is C[C@H](Oc1cc([C@H]2CCN(C)C2)nc(-c2noc3c2CCC[C@@]32CCc3ccc(N)c(C#N)c32)n1)[C@@H]1CCCN1C. The highest BCUT2D eigenvalue weighted by Crippen LogP contribution is 2.54. The highest BCUT2D eigenvalue weighted by atomic mass is 16.5. The summed E-state index contributed by atoms with van der Waals surface area (Å²) in [5, 5.41) is 14.7. The number of nitrogen functional groups attached to an aromatic ring is 1. The molecule has 2 saturated heterocycles. The first-order valence-electron chi connectivity index (χ1n) is 15.1. The molecular weight excluding hydrogens is 514 g/mol. The zero-order valence-corrected chi connectivity index (χ0v) is 24.3. The molecule has 2 aromatic heterocycles. The van der Waals surface area contributed by atoms with Crippen molar-refractivity contribution in [1.29, 1.82) is 5.26 Å². The molecule has 0 saturated carbocycles. The Labute approximate surface area is 241 Å². The molecule has 3 aromatic rings. The first kappa shape index (κ1) is 26.4. The maximum Gasteiger partial charge on any atom is 0.217 e. The summed E-state index contributed by atoms with van der Waals surface area (Å²) in [6.45, 7) is 5.26. The van der Waals surface area contributed by atoms with Crippen molar-refractivity contribution in [1.82, 2.24) is 24.9 Å². The van der Waals surface area contributed by atoms with E-state index in [9.17, 15) is 5.26 Å². The molecule has 2 fully saturated rings. The first-order valence-corrected chi connectivity index (χ1v) is 15.1. The van der Waals surface area contributed by atoms with Gasteiger partial charge < -0.3 is 19.9 Å². The fourth-order valence-electron chi connectivity index (χ4n) is 8.05.